The van der Waals surface area contributed by atoms with Crippen LogP contribution in [0.15, 0.2) is 0 Å². The monoisotopic (exact) mass is 280 g/mol. The number of terminal acetylenes is 1. The molecule has 2 unspecified atom stereocenters. The number of carbonyl (C=O) groups excluding carboxylic acids is 1. The van der Waals surface area contributed by atoms with E-state index in [1.54, 1.807) is 6.92 Å². The van der Waals surface area contributed by atoms with Crippen molar-refractivity contribution >= 4 is 5.91 Å². The summed E-state index contributed by atoms with van der Waals surface area (Å²) in [6.45, 7) is 8.58. The Morgan fingerprint density at radius 3 is 2.65 bits per heavy atom. The molecule has 1 aliphatic rings. The van der Waals surface area contributed by atoms with Gasteiger partial charge in [0.1, 0.15) is 0 Å². The van der Waals surface area contributed by atoms with Gasteiger partial charge in [-0.15, -0.1) is 6.42 Å². The van der Waals surface area contributed by atoms with E-state index < -0.39 is 5.60 Å². The lowest BCUT2D eigenvalue weighted by atomic mass is 9.88. The van der Waals surface area contributed by atoms with Crippen molar-refractivity contribution in [1.82, 2.24) is 10.2 Å². The predicted molar refractivity (Wildman–Crippen MR) is 81.1 cm³/mol. The van der Waals surface area contributed by atoms with Crippen LogP contribution in [-0.2, 0) is 4.79 Å². The van der Waals surface area contributed by atoms with Crippen LogP contribution in [0.4, 0.5) is 0 Å². The summed E-state index contributed by atoms with van der Waals surface area (Å²) >= 11 is 0. The Labute approximate surface area is 122 Å². The Hall–Kier alpha value is -1.05. The van der Waals surface area contributed by atoms with Crippen LogP contribution in [0.25, 0.3) is 0 Å². The normalized spacial score (nSPS) is 21.8. The standard InChI is InChI=1S/C16H28N2O2/c1-5-9-18-10-7-14(8-11-18)15(19)17-12-16(4,20)13(3)6-2/h1,13-14,20H,6-12H2,2-4H3,(H,17,19). The zero-order chi connectivity index (χ0) is 15.2. The summed E-state index contributed by atoms with van der Waals surface area (Å²) in [7, 11) is 0. The van der Waals surface area contributed by atoms with Gasteiger partial charge >= 0.3 is 0 Å². The van der Waals surface area contributed by atoms with Gasteiger partial charge in [0, 0.05) is 12.5 Å². The largest absolute Gasteiger partial charge is 0.388 e. The van der Waals surface area contributed by atoms with E-state index in [-0.39, 0.29) is 17.7 Å². The molecule has 0 spiro atoms. The highest BCUT2D eigenvalue weighted by molar-refractivity contribution is 5.78. The fraction of sp³-hybridized carbons (Fsp3) is 0.812. The van der Waals surface area contributed by atoms with Gasteiger partial charge in [-0.25, -0.2) is 0 Å². The molecule has 1 rings (SSSR count). The number of hydrogen-bond acceptors (Lipinski definition) is 3. The molecule has 2 N–H and O–H groups in total. The summed E-state index contributed by atoms with van der Waals surface area (Å²) in [5, 5.41) is 13.2. The molecule has 1 saturated heterocycles. The Bertz CT molecular complexity index is 352. The van der Waals surface area contributed by atoms with Crippen LogP contribution in [0, 0.1) is 24.2 Å². The minimum atomic E-state index is -0.839. The molecule has 0 radical (unpaired) electrons. The van der Waals surface area contributed by atoms with Gasteiger partial charge in [0.2, 0.25) is 5.91 Å². The Kier molecular flexibility index (Phi) is 6.51. The van der Waals surface area contributed by atoms with Gasteiger partial charge in [-0.3, -0.25) is 9.69 Å². The van der Waals surface area contributed by atoms with E-state index in [9.17, 15) is 9.90 Å². The SMILES string of the molecule is C#CCN1CCC(C(=O)NCC(C)(O)C(C)CC)CC1. The molecule has 0 aromatic heterocycles. The molecule has 1 fully saturated rings. The third-order valence-corrected chi connectivity index (χ3v) is 4.57. The van der Waals surface area contributed by atoms with Gasteiger partial charge in [-0.1, -0.05) is 26.2 Å². The second-order valence-electron chi connectivity index (χ2n) is 6.14. The number of nitrogens with one attached hydrogen (secondary N) is 1. The van der Waals surface area contributed by atoms with Crippen molar-refractivity contribution < 1.29 is 9.90 Å². The number of aliphatic hydroxyl groups is 1. The molecule has 20 heavy (non-hydrogen) atoms. The average molecular weight is 280 g/mol. The van der Waals surface area contributed by atoms with Crippen LogP contribution in [0.1, 0.15) is 40.0 Å². The Morgan fingerprint density at radius 1 is 1.55 bits per heavy atom. The zero-order valence-electron chi connectivity index (χ0n) is 13.0. The van der Waals surface area contributed by atoms with Gasteiger partial charge < -0.3 is 10.4 Å². The fourth-order valence-electron chi connectivity index (χ4n) is 2.51. The van der Waals surface area contributed by atoms with E-state index in [1.807, 2.05) is 13.8 Å². The average Bonchev–Trinajstić information content (AvgIpc) is 2.45. The number of hydrogen-bond donors (Lipinski definition) is 2. The first-order valence-corrected chi connectivity index (χ1v) is 7.56. The molecule has 4 heteroatoms. The molecular formula is C16H28N2O2. The van der Waals surface area contributed by atoms with Crippen molar-refractivity contribution in [2.75, 3.05) is 26.2 Å². The van der Waals surface area contributed by atoms with Gasteiger partial charge in [-0.05, 0) is 38.8 Å². The third-order valence-electron chi connectivity index (χ3n) is 4.57. The lowest BCUT2D eigenvalue weighted by Gasteiger charge is -2.32. The van der Waals surface area contributed by atoms with Gasteiger partial charge in [0.15, 0.2) is 0 Å². The van der Waals surface area contributed by atoms with Crippen LogP contribution in [0.5, 0.6) is 0 Å². The highest BCUT2D eigenvalue weighted by Crippen LogP contribution is 2.20. The van der Waals surface area contributed by atoms with Crippen LogP contribution in [0.2, 0.25) is 0 Å². The molecule has 0 aromatic carbocycles. The quantitative estimate of drug-likeness (QED) is 0.720. The molecule has 0 aromatic rings. The second-order valence-corrected chi connectivity index (χ2v) is 6.14. The fourth-order valence-corrected chi connectivity index (χ4v) is 2.51. The maximum absolute atomic E-state index is 12.1. The molecule has 1 aliphatic heterocycles. The number of amides is 1. The highest BCUT2D eigenvalue weighted by atomic mass is 16.3. The highest BCUT2D eigenvalue weighted by Gasteiger charge is 2.30. The summed E-state index contributed by atoms with van der Waals surface area (Å²) < 4.78 is 0. The predicted octanol–water partition coefficient (Wildman–Crippen LogP) is 1.24. The Morgan fingerprint density at radius 2 is 2.15 bits per heavy atom. The van der Waals surface area contributed by atoms with Crippen molar-refractivity contribution in [3.05, 3.63) is 0 Å². The maximum atomic E-state index is 12.1. The number of carbonyl (C=O) groups is 1. The van der Waals surface area contributed by atoms with Gasteiger partial charge in [0.25, 0.3) is 0 Å². The van der Waals surface area contributed by atoms with Crippen LogP contribution >= 0.6 is 0 Å². The summed E-state index contributed by atoms with van der Waals surface area (Å²) in [5.74, 6) is 2.92. The second kappa shape index (κ2) is 7.66. The van der Waals surface area contributed by atoms with Crippen molar-refractivity contribution in [2.45, 2.75) is 45.6 Å². The molecule has 1 amide bonds. The number of nitrogens with zero attached hydrogens (tertiary/aromatic N) is 1. The van der Waals surface area contributed by atoms with Crippen molar-refractivity contribution in [3.8, 4) is 12.3 Å². The minimum absolute atomic E-state index is 0.0526. The molecule has 1 heterocycles. The maximum Gasteiger partial charge on any atom is 0.223 e. The lowest BCUT2D eigenvalue weighted by Crippen LogP contribution is -2.48. The van der Waals surface area contributed by atoms with E-state index in [1.165, 1.54) is 0 Å². The summed E-state index contributed by atoms with van der Waals surface area (Å²) in [6.07, 6.45) is 7.88. The molecule has 114 valence electrons. The van der Waals surface area contributed by atoms with Crippen LogP contribution < -0.4 is 5.32 Å². The Balaban J connectivity index is 2.36. The minimum Gasteiger partial charge on any atom is -0.388 e. The topological polar surface area (TPSA) is 52.6 Å². The first kappa shape index (κ1) is 17.0. The van der Waals surface area contributed by atoms with Gasteiger partial charge in [-0.2, -0.15) is 0 Å². The molecule has 0 saturated carbocycles. The van der Waals surface area contributed by atoms with Crippen molar-refractivity contribution in [2.24, 2.45) is 11.8 Å². The van der Waals surface area contributed by atoms with Crippen LogP contribution in [-0.4, -0.2) is 47.7 Å². The van der Waals surface area contributed by atoms with E-state index in [2.05, 4.69) is 16.1 Å². The van der Waals surface area contributed by atoms with E-state index >= 15 is 0 Å². The van der Waals surface area contributed by atoms with E-state index in [4.69, 9.17) is 6.42 Å². The van der Waals surface area contributed by atoms with E-state index in [0.717, 1.165) is 32.4 Å². The van der Waals surface area contributed by atoms with Gasteiger partial charge in [0.05, 0.1) is 12.1 Å². The van der Waals surface area contributed by atoms with E-state index in [0.29, 0.717) is 13.1 Å². The number of piperidine rings is 1. The third kappa shape index (κ3) is 4.81. The molecule has 0 aliphatic carbocycles. The summed E-state index contributed by atoms with van der Waals surface area (Å²) in [5.41, 5.74) is -0.839. The molecule has 2 atom stereocenters. The van der Waals surface area contributed by atoms with Crippen LogP contribution in [0.3, 0.4) is 0 Å². The molecular weight excluding hydrogens is 252 g/mol. The zero-order valence-corrected chi connectivity index (χ0v) is 13.0. The number of rotatable bonds is 6. The lowest BCUT2D eigenvalue weighted by molar-refractivity contribution is -0.128. The number of likely N-dealkylation sites (tertiary alicyclic amines) is 1. The first-order chi connectivity index (χ1) is 9.40. The van der Waals surface area contributed by atoms with Crippen molar-refractivity contribution in [1.29, 1.82) is 0 Å². The molecule has 4 nitrogen and oxygen atoms in total. The molecule has 0 bridgehead atoms. The van der Waals surface area contributed by atoms with Crippen molar-refractivity contribution in [3.63, 3.8) is 0 Å². The summed E-state index contributed by atoms with van der Waals surface area (Å²) in [4.78, 5) is 14.3. The smallest absolute Gasteiger partial charge is 0.223 e. The summed E-state index contributed by atoms with van der Waals surface area (Å²) in [6, 6.07) is 0. The first-order valence-electron chi connectivity index (χ1n) is 7.56.